The average molecular weight is 252 g/mol. The molecule has 0 N–H and O–H groups in total. The fourth-order valence-corrected chi connectivity index (χ4v) is 3.20. The zero-order valence-electron chi connectivity index (χ0n) is 11.1. The summed E-state index contributed by atoms with van der Waals surface area (Å²) < 4.78 is 5.26. The van der Waals surface area contributed by atoms with Gasteiger partial charge < -0.3 is 14.5 Å². The van der Waals surface area contributed by atoms with Gasteiger partial charge in [0.25, 0.3) is 0 Å². The summed E-state index contributed by atoms with van der Waals surface area (Å²) in [7, 11) is 0. The minimum atomic E-state index is 0.291. The molecule has 0 radical (unpaired) electrons. The van der Waals surface area contributed by atoms with Gasteiger partial charge >= 0.3 is 0 Å². The topological polar surface area (TPSA) is 36.1 Å². The summed E-state index contributed by atoms with van der Waals surface area (Å²) in [5.41, 5.74) is 0. The van der Waals surface area contributed by atoms with Gasteiger partial charge in [-0.25, -0.2) is 0 Å². The van der Waals surface area contributed by atoms with Crippen molar-refractivity contribution in [3.05, 3.63) is 0 Å². The molecule has 0 spiro atoms. The number of likely N-dealkylation sites (tertiary alicyclic amines) is 2. The Bertz CT molecular complexity index is 290. The first-order valence-electron chi connectivity index (χ1n) is 7.45. The molecule has 3 aliphatic heterocycles. The average Bonchev–Trinajstić information content (AvgIpc) is 3.24. The van der Waals surface area contributed by atoms with Gasteiger partial charge in [-0.05, 0) is 45.2 Å². The Balaban J connectivity index is 1.44. The van der Waals surface area contributed by atoms with Gasteiger partial charge in [-0.3, -0.25) is 4.79 Å². The first-order valence-corrected chi connectivity index (χ1v) is 7.45. The normalized spacial score (nSPS) is 30.4. The summed E-state index contributed by atoms with van der Waals surface area (Å²) in [5, 5.41) is 0. The number of hydrogen-bond acceptors (Lipinski definition) is 3. The lowest BCUT2D eigenvalue weighted by Gasteiger charge is -2.35. The first kappa shape index (κ1) is 12.4. The maximum absolute atomic E-state index is 12.4. The maximum atomic E-state index is 12.4. The minimum Gasteiger partial charge on any atom is -0.372 e. The van der Waals surface area contributed by atoms with Crippen molar-refractivity contribution in [1.82, 2.24) is 9.80 Å². The van der Waals surface area contributed by atoms with Crippen LogP contribution >= 0.6 is 0 Å². The largest absolute Gasteiger partial charge is 0.372 e. The monoisotopic (exact) mass is 252 g/mol. The quantitative estimate of drug-likeness (QED) is 0.706. The molecule has 0 saturated carbocycles. The summed E-state index contributed by atoms with van der Waals surface area (Å²) in [6, 6.07) is 0. The zero-order chi connectivity index (χ0) is 12.4. The molecular formula is C14H24N2O2. The van der Waals surface area contributed by atoms with E-state index in [-0.39, 0.29) is 0 Å². The summed E-state index contributed by atoms with van der Waals surface area (Å²) in [5.74, 6) is 0.719. The Morgan fingerprint density at radius 1 is 1.06 bits per heavy atom. The molecule has 18 heavy (non-hydrogen) atoms. The van der Waals surface area contributed by atoms with Crippen LogP contribution in [0, 0.1) is 5.92 Å². The highest BCUT2D eigenvalue weighted by atomic mass is 16.6. The Kier molecular flexibility index (Phi) is 3.85. The fourth-order valence-electron chi connectivity index (χ4n) is 3.20. The third-order valence-electron chi connectivity index (χ3n) is 4.47. The van der Waals surface area contributed by atoms with Crippen molar-refractivity contribution in [2.24, 2.45) is 5.92 Å². The molecular weight excluding hydrogens is 228 g/mol. The molecule has 1 atom stereocenters. The second-order valence-electron chi connectivity index (χ2n) is 5.92. The molecule has 3 saturated heterocycles. The highest BCUT2D eigenvalue weighted by Gasteiger charge is 2.32. The molecule has 3 aliphatic rings. The van der Waals surface area contributed by atoms with Crippen LogP contribution in [0.5, 0.6) is 0 Å². The van der Waals surface area contributed by atoms with E-state index in [1.807, 2.05) is 0 Å². The van der Waals surface area contributed by atoms with Gasteiger partial charge in [-0.15, -0.1) is 0 Å². The summed E-state index contributed by atoms with van der Waals surface area (Å²) in [6.07, 6.45) is 6.26. The zero-order valence-corrected chi connectivity index (χ0v) is 11.1. The molecule has 3 heterocycles. The van der Waals surface area contributed by atoms with Crippen molar-refractivity contribution >= 4 is 5.91 Å². The first-order chi connectivity index (χ1) is 8.83. The number of rotatable bonds is 3. The lowest BCUT2D eigenvalue weighted by Crippen LogP contribution is -2.45. The summed E-state index contributed by atoms with van der Waals surface area (Å²) in [6.45, 7) is 6.15. The van der Waals surface area contributed by atoms with Gasteiger partial charge in [0.05, 0.1) is 12.7 Å². The van der Waals surface area contributed by atoms with Crippen LogP contribution in [-0.2, 0) is 9.53 Å². The summed E-state index contributed by atoms with van der Waals surface area (Å²) in [4.78, 5) is 16.9. The molecule has 0 aromatic rings. The van der Waals surface area contributed by atoms with Crippen LogP contribution in [0.1, 0.15) is 32.1 Å². The number of nitrogens with zero attached hydrogens (tertiary/aromatic N) is 2. The van der Waals surface area contributed by atoms with E-state index >= 15 is 0 Å². The van der Waals surface area contributed by atoms with E-state index in [0.29, 0.717) is 17.9 Å². The van der Waals surface area contributed by atoms with E-state index in [1.54, 1.807) is 0 Å². The lowest BCUT2D eigenvalue weighted by molar-refractivity contribution is -0.138. The van der Waals surface area contributed by atoms with Crippen LogP contribution in [0.3, 0.4) is 0 Å². The number of carbonyl (C=O) groups is 1. The van der Waals surface area contributed by atoms with E-state index < -0.39 is 0 Å². The molecule has 3 fully saturated rings. The molecule has 0 unspecified atom stereocenters. The predicted molar refractivity (Wildman–Crippen MR) is 69.3 cm³/mol. The van der Waals surface area contributed by atoms with E-state index in [0.717, 1.165) is 52.2 Å². The highest BCUT2D eigenvalue weighted by molar-refractivity contribution is 5.79. The molecule has 0 bridgehead atoms. The van der Waals surface area contributed by atoms with E-state index in [1.165, 1.54) is 19.3 Å². The predicted octanol–water partition coefficient (Wildman–Crippen LogP) is 1.11. The standard InChI is InChI=1S/C14H24N2O2/c17-14(16-6-2-1-3-7-16)12-4-8-15(9-5-12)10-13-11-18-13/h12-13H,1-11H2/t13-/m1/s1. The van der Waals surface area contributed by atoms with Crippen LogP contribution in [0.25, 0.3) is 0 Å². The number of ether oxygens (including phenoxy) is 1. The number of epoxide rings is 1. The van der Waals surface area contributed by atoms with Gasteiger partial charge in [-0.1, -0.05) is 0 Å². The molecule has 1 amide bonds. The van der Waals surface area contributed by atoms with E-state index in [2.05, 4.69) is 9.80 Å². The van der Waals surface area contributed by atoms with Crippen LogP contribution in [-0.4, -0.2) is 61.1 Å². The van der Waals surface area contributed by atoms with Gasteiger partial charge in [0.1, 0.15) is 0 Å². The van der Waals surface area contributed by atoms with Gasteiger partial charge in [0, 0.05) is 25.6 Å². The maximum Gasteiger partial charge on any atom is 0.225 e. The third kappa shape index (κ3) is 3.04. The van der Waals surface area contributed by atoms with Crippen molar-refractivity contribution < 1.29 is 9.53 Å². The fraction of sp³-hybridized carbons (Fsp3) is 0.929. The Labute approximate surface area is 109 Å². The smallest absolute Gasteiger partial charge is 0.225 e. The van der Waals surface area contributed by atoms with Gasteiger partial charge in [0.2, 0.25) is 5.91 Å². The van der Waals surface area contributed by atoms with Crippen molar-refractivity contribution in [2.75, 3.05) is 39.3 Å². The minimum absolute atomic E-state index is 0.291. The lowest BCUT2D eigenvalue weighted by atomic mass is 9.94. The van der Waals surface area contributed by atoms with Crippen molar-refractivity contribution in [2.45, 2.75) is 38.2 Å². The molecule has 0 aromatic carbocycles. The van der Waals surface area contributed by atoms with Crippen LogP contribution in [0.2, 0.25) is 0 Å². The third-order valence-corrected chi connectivity index (χ3v) is 4.47. The second kappa shape index (κ2) is 5.57. The van der Waals surface area contributed by atoms with Crippen molar-refractivity contribution in [3.8, 4) is 0 Å². The Morgan fingerprint density at radius 3 is 2.33 bits per heavy atom. The second-order valence-corrected chi connectivity index (χ2v) is 5.92. The highest BCUT2D eigenvalue weighted by Crippen LogP contribution is 2.23. The van der Waals surface area contributed by atoms with Crippen molar-refractivity contribution in [1.29, 1.82) is 0 Å². The van der Waals surface area contributed by atoms with Crippen LogP contribution < -0.4 is 0 Å². The SMILES string of the molecule is O=C(C1CCN(C[C@@H]2CO2)CC1)N1CCCCC1. The van der Waals surface area contributed by atoms with Gasteiger partial charge in [-0.2, -0.15) is 0 Å². The molecule has 3 rings (SSSR count). The number of amides is 1. The number of hydrogen-bond donors (Lipinski definition) is 0. The van der Waals surface area contributed by atoms with Crippen LogP contribution in [0.15, 0.2) is 0 Å². The van der Waals surface area contributed by atoms with E-state index in [9.17, 15) is 4.79 Å². The number of carbonyl (C=O) groups excluding carboxylic acids is 1. The number of piperidine rings is 2. The summed E-state index contributed by atoms with van der Waals surface area (Å²) >= 11 is 0. The van der Waals surface area contributed by atoms with E-state index in [4.69, 9.17) is 4.74 Å². The Morgan fingerprint density at radius 2 is 1.72 bits per heavy atom. The van der Waals surface area contributed by atoms with Gasteiger partial charge in [0.15, 0.2) is 0 Å². The molecule has 0 aromatic heterocycles. The molecule has 0 aliphatic carbocycles. The Hall–Kier alpha value is -0.610. The molecule has 4 heteroatoms. The van der Waals surface area contributed by atoms with Crippen molar-refractivity contribution in [3.63, 3.8) is 0 Å². The van der Waals surface area contributed by atoms with Crippen LogP contribution in [0.4, 0.5) is 0 Å². The molecule has 102 valence electrons. The molecule has 4 nitrogen and oxygen atoms in total.